The second kappa shape index (κ2) is 20.2. The number of hydrogen-bond acceptors (Lipinski definition) is 7. The zero-order valence-electron chi connectivity index (χ0n) is 22.2. The molecule has 2 unspecified atom stereocenters. The first-order valence-corrected chi connectivity index (χ1v) is 23.5. The van der Waals surface area contributed by atoms with E-state index in [1.807, 2.05) is 6.66 Å². The van der Waals surface area contributed by atoms with E-state index in [0.29, 0.717) is 0 Å². The van der Waals surface area contributed by atoms with Crippen LogP contribution in [0.5, 0.6) is 5.75 Å². The molecule has 0 amide bonds. The van der Waals surface area contributed by atoms with E-state index < -0.39 is 101 Å². The van der Waals surface area contributed by atoms with Gasteiger partial charge in [0.2, 0.25) is 0 Å². The Hall–Kier alpha value is 2.59. The van der Waals surface area contributed by atoms with Gasteiger partial charge in [-0.2, -0.15) is 0 Å². The number of alkyl halides is 4. The minimum atomic E-state index is -2.63. The van der Waals surface area contributed by atoms with E-state index >= 15 is 0 Å². The van der Waals surface area contributed by atoms with Gasteiger partial charge in [0.1, 0.15) is 12.7 Å². The number of aliphatic hydroxyl groups is 3. The Morgan fingerprint density at radius 3 is 1.38 bits per heavy atom. The van der Waals surface area contributed by atoms with Gasteiger partial charge in [0.25, 0.3) is 5.85 Å². The Morgan fingerprint density at radius 2 is 1.12 bits per heavy atom. The first-order chi connectivity index (χ1) is 18.2. The molecule has 10 atom stereocenters. The molecule has 3 N–H and O–H groups in total. The molecule has 0 spiro atoms. The van der Waals surface area contributed by atoms with Gasteiger partial charge in [0.05, 0.1) is 6.10 Å². The summed E-state index contributed by atoms with van der Waals surface area (Å²) in [6.07, 6.45) is -9.01. The smallest absolute Gasteiger partial charge is 0 e. The molecule has 1 aromatic carbocycles. The van der Waals surface area contributed by atoms with Crippen molar-refractivity contribution in [3.8, 4) is 5.75 Å². The molecule has 22 heteroatoms. The van der Waals surface area contributed by atoms with Gasteiger partial charge in [-0.3, -0.25) is 0 Å². The van der Waals surface area contributed by atoms with Crippen LogP contribution in [0.1, 0.15) is 13.8 Å². The van der Waals surface area contributed by atoms with E-state index in [9.17, 15) is 44.6 Å². The van der Waals surface area contributed by atoms with Gasteiger partial charge < -0.3 is 14.9 Å². The van der Waals surface area contributed by atoms with E-state index in [2.05, 4.69) is 9.26 Å². The van der Waals surface area contributed by atoms with Gasteiger partial charge in [0, 0.05) is 65.4 Å². The van der Waals surface area contributed by atoms with Crippen molar-refractivity contribution < 1.29 is 176 Å². The summed E-state index contributed by atoms with van der Waals surface area (Å²) in [5, 5.41) is 26.5. The fourth-order valence-corrected chi connectivity index (χ4v) is 5.54. The van der Waals surface area contributed by atoms with Crippen LogP contribution in [0.25, 0.3) is 0 Å². The second-order valence-electron chi connectivity index (χ2n) is 8.43. The number of ether oxygens (including phenoxy) is 2. The largest absolute Gasteiger partial charge is 0 e. The molecule has 2 aliphatic heterocycles. The van der Waals surface area contributed by atoms with Crippen LogP contribution in [-0.2, 0) is 117 Å². The van der Waals surface area contributed by atoms with Crippen molar-refractivity contribution in [1.29, 1.82) is 0 Å². The summed E-state index contributed by atoms with van der Waals surface area (Å²) < 4.78 is 135. The summed E-state index contributed by atoms with van der Waals surface area (Å²) in [4.78, 5) is 0. The van der Waals surface area contributed by atoms with E-state index in [1.54, 1.807) is 0 Å². The number of hydrogen-bond donors (Lipinski definition) is 3. The third-order valence-corrected chi connectivity index (χ3v) is 8.46. The fourth-order valence-electron chi connectivity index (χ4n) is 3.14. The predicted octanol–water partition coefficient (Wildman–Crippen LogP) is 3.75. The molecule has 2 aliphatic rings. The van der Waals surface area contributed by atoms with Gasteiger partial charge in [-0.1, -0.05) is 0 Å². The molecule has 0 aliphatic carbocycles. The van der Waals surface area contributed by atoms with Crippen molar-refractivity contribution in [3.63, 3.8) is 0 Å². The SMILES string of the molecule is C[C@@H]1O[C@](F)(CO)[C@@H](O)[C@H]1F.C[C@@H]1O[C@](F)(CO[PH](C)=[W])[C@@H](O)[C@H]1F.C[PH](=[W])Oc1c(F)c(F)c(F)c(F)c1F.[Y].[Y]. The van der Waals surface area contributed by atoms with Gasteiger partial charge in [-0.05, 0) is 6.92 Å². The third-order valence-electron chi connectivity index (χ3n) is 5.25. The summed E-state index contributed by atoms with van der Waals surface area (Å²) in [6.45, 7) is 4.68. The number of halogens is 9. The minimum absolute atomic E-state index is 0. The Balaban J connectivity index is 0. The molecule has 0 aromatic heterocycles. The van der Waals surface area contributed by atoms with E-state index in [-0.39, 0.29) is 72.0 Å². The van der Waals surface area contributed by atoms with E-state index in [4.69, 9.17) is 19.5 Å². The first kappa shape index (κ1) is 46.7. The van der Waals surface area contributed by atoms with Crippen molar-refractivity contribution in [2.45, 2.75) is 62.3 Å². The molecule has 2 heterocycles. The predicted molar refractivity (Wildman–Crippen MR) is 119 cm³/mol. The van der Waals surface area contributed by atoms with Crippen molar-refractivity contribution in [2.75, 3.05) is 26.5 Å². The average Bonchev–Trinajstić information content (AvgIpc) is 3.21. The molecule has 240 valence electrons. The Kier molecular flexibility index (Phi) is 22.5. The molecular formula is C20H27F9O7P2W2Y2. The van der Waals surface area contributed by atoms with E-state index in [1.165, 1.54) is 39.3 Å². The van der Waals surface area contributed by atoms with Gasteiger partial charge in [-0.25, -0.2) is 8.78 Å². The second-order valence-corrected chi connectivity index (χ2v) is 23.3. The third kappa shape index (κ3) is 12.2. The fraction of sp³-hybridized carbons (Fsp3) is 0.700. The normalized spacial score (nSPS) is 33.1. The molecule has 1 aromatic rings. The number of benzene rings is 1. The topological polar surface area (TPSA) is 97.6 Å². The Bertz CT molecular complexity index is 1060. The van der Waals surface area contributed by atoms with Crippen molar-refractivity contribution in [1.82, 2.24) is 0 Å². The summed E-state index contributed by atoms with van der Waals surface area (Å²) in [7, 11) is 0. The average molecular weight is 1160 g/mol. The van der Waals surface area contributed by atoms with Crippen LogP contribution in [0.2, 0.25) is 0 Å². The molecule has 0 saturated carbocycles. The van der Waals surface area contributed by atoms with Crippen LogP contribution in [-0.4, -0.2) is 90.3 Å². The monoisotopic (exact) mass is 1160 g/mol. The molecule has 7 nitrogen and oxygen atoms in total. The van der Waals surface area contributed by atoms with Crippen molar-refractivity contribution >= 4 is 11.6 Å². The molecule has 0 bridgehead atoms. The van der Waals surface area contributed by atoms with Crippen LogP contribution in [0.3, 0.4) is 0 Å². The molecule has 2 saturated heterocycles. The zero-order valence-corrected chi connectivity index (χ0v) is 35.8. The molecular weight excluding hydrogens is 1130 g/mol. The number of rotatable bonds is 6. The summed E-state index contributed by atoms with van der Waals surface area (Å²) >= 11 is 2.14. The van der Waals surface area contributed by atoms with Crippen LogP contribution >= 0.6 is 11.6 Å². The molecule has 42 heavy (non-hydrogen) atoms. The summed E-state index contributed by atoms with van der Waals surface area (Å²) in [5.41, 5.74) is 0. The maximum Gasteiger partial charge on any atom is 0 e. The van der Waals surface area contributed by atoms with Crippen LogP contribution < -0.4 is 4.52 Å². The minimum Gasteiger partial charge on any atom is 0 e. The first-order valence-electron chi connectivity index (χ1n) is 11.1. The van der Waals surface area contributed by atoms with Gasteiger partial charge in [-0.15, -0.1) is 0 Å². The summed E-state index contributed by atoms with van der Waals surface area (Å²) in [6, 6.07) is 0. The van der Waals surface area contributed by atoms with Crippen LogP contribution in [0.15, 0.2) is 0 Å². The number of aliphatic hydroxyl groups excluding tert-OH is 3. The Morgan fingerprint density at radius 1 is 0.762 bits per heavy atom. The maximum absolute atomic E-state index is 13.8. The summed E-state index contributed by atoms with van der Waals surface area (Å²) in [5.74, 6) is -18.7. The maximum atomic E-state index is 13.8. The quantitative estimate of drug-likeness (QED) is 0.173. The Labute approximate surface area is 308 Å². The van der Waals surface area contributed by atoms with Gasteiger partial charge in [0.15, 0.2) is 6.17 Å². The molecule has 3 rings (SSSR count). The molecule has 2 radical (unpaired) electrons. The zero-order chi connectivity index (χ0) is 31.3. The standard InChI is InChI=1S/C7H4F5OP.C7H13F2O3P.C6H10F2O3.2W.2Y/c1-14-13-7-5(11)3(9)2(8)4(10)6(7)12;1-4-5(8)6(10)7(9,12-4)3-11-13-2;1-3-4(7)5(10)6(8,2-9)11-3;;;;/h14H,1H3;4-6,10,13H,3H2,1-2H3;3-5,9-10H,2H2,1H3;;;;/t;4-,5-,6-,7+;3-,4-,5-,6+;;;;/m.00..../s1. The van der Waals surface area contributed by atoms with E-state index in [0.717, 1.165) is 18.8 Å². The van der Waals surface area contributed by atoms with Crippen LogP contribution in [0, 0.1) is 29.1 Å². The molecule has 2 fully saturated rings. The van der Waals surface area contributed by atoms with Crippen molar-refractivity contribution in [3.05, 3.63) is 29.1 Å². The van der Waals surface area contributed by atoms with Crippen LogP contribution in [0.4, 0.5) is 39.5 Å². The van der Waals surface area contributed by atoms with Gasteiger partial charge >= 0.3 is 185 Å². The van der Waals surface area contributed by atoms with Crippen molar-refractivity contribution in [2.24, 2.45) is 0 Å².